The highest BCUT2D eigenvalue weighted by Gasteiger charge is 2.26. The molecule has 0 bridgehead atoms. The number of rotatable bonds is 7. The summed E-state index contributed by atoms with van der Waals surface area (Å²) >= 11 is 0. The van der Waals surface area contributed by atoms with Crippen LogP contribution in [-0.2, 0) is 11.2 Å². The van der Waals surface area contributed by atoms with Crippen molar-refractivity contribution in [3.05, 3.63) is 47.3 Å². The normalized spacial score (nSPS) is 14.7. The van der Waals surface area contributed by atoms with Crippen LogP contribution in [0, 0.1) is 12.8 Å². The second-order valence-electron chi connectivity index (χ2n) is 7.30. The summed E-state index contributed by atoms with van der Waals surface area (Å²) in [4.78, 5) is 26.6. The zero-order valence-electron chi connectivity index (χ0n) is 16.5. The highest BCUT2D eigenvalue weighted by atomic mass is 16.5. The van der Waals surface area contributed by atoms with E-state index in [1.54, 1.807) is 13.3 Å². The Kier molecular flexibility index (Phi) is 6.68. The van der Waals surface area contributed by atoms with Crippen molar-refractivity contribution in [1.29, 1.82) is 0 Å². The van der Waals surface area contributed by atoms with Crippen molar-refractivity contribution in [3.8, 4) is 5.75 Å². The maximum Gasteiger partial charge on any atom is 0.257 e. The van der Waals surface area contributed by atoms with Crippen LogP contribution < -0.4 is 10.1 Å². The van der Waals surface area contributed by atoms with E-state index in [0.717, 1.165) is 36.3 Å². The van der Waals surface area contributed by atoms with Gasteiger partial charge in [0.1, 0.15) is 5.75 Å². The number of hydrogen-bond donors (Lipinski definition) is 2. The third-order valence-electron chi connectivity index (χ3n) is 5.31. The van der Waals surface area contributed by atoms with Crippen LogP contribution in [0.2, 0.25) is 0 Å². The first-order valence-corrected chi connectivity index (χ1v) is 9.75. The van der Waals surface area contributed by atoms with E-state index in [4.69, 9.17) is 4.74 Å². The van der Waals surface area contributed by atoms with Gasteiger partial charge in [-0.1, -0.05) is 12.1 Å². The number of carbonyl (C=O) groups is 2. The average Bonchev–Trinajstić information content (AvgIpc) is 3.14. The van der Waals surface area contributed by atoms with E-state index in [1.165, 1.54) is 0 Å². The number of aromatic amines is 1. The third-order valence-corrected chi connectivity index (χ3v) is 5.31. The lowest BCUT2D eigenvalue weighted by atomic mass is 9.93. The fourth-order valence-corrected chi connectivity index (χ4v) is 3.59. The number of carbonyl (C=O) groups excluding carboxylic acids is 2. The number of nitrogens with one attached hydrogen (secondary N) is 2. The predicted molar refractivity (Wildman–Crippen MR) is 106 cm³/mol. The van der Waals surface area contributed by atoms with Crippen molar-refractivity contribution in [2.75, 3.05) is 26.7 Å². The Bertz CT molecular complexity index is 809. The number of likely N-dealkylation sites (tertiary alicyclic amines) is 1. The van der Waals surface area contributed by atoms with E-state index in [2.05, 4.69) is 15.5 Å². The molecule has 7 nitrogen and oxygen atoms in total. The molecule has 0 unspecified atom stereocenters. The zero-order chi connectivity index (χ0) is 19.9. The zero-order valence-corrected chi connectivity index (χ0v) is 16.5. The predicted octanol–water partition coefficient (Wildman–Crippen LogP) is 2.33. The molecular formula is C21H28N4O3. The molecule has 150 valence electrons. The summed E-state index contributed by atoms with van der Waals surface area (Å²) in [5.41, 5.74) is 2.57. The van der Waals surface area contributed by atoms with Crippen LogP contribution in [-0.4, -0.2) is 53.7 Å². The molecule has 0 radical (unpaired) electrons. The Morgan fingerprint density at radius 2 is 2.11 bits per heavy atom. The van der Waals surface area contributed by atoms with Crippen LogP contribution in [0.5, 0.6) is 5.75 Å². The number of ether oxygens (including phenoxy) is 1. The second kappa shape index (κ2) is 9.39. The fourth-order valence-electron chi connectivity index (χ4n) is 3.59. The van der Waals surface area contributed by atoms with Crippen molar-refractivity contribution in [3.63, 3.8) is 0 Å². The van der Waals surface area contributed by atoms with E-state index < -0.39 is 0 Å². The summed E-state index contributed by atoms with van der Waals surface area (Å²) in [6.45, 7) is 3.84. The number of methoxy groups -OCH3 is 1. The Labute approximate surface area is 165 Å². The molecule has 0 spiro atoms. The molecule has 0 aliphatic carbocycles. The summed E-state index contributed by atoms with van der Waals surface area (Å²) in [6, 6.07) is 7.88. The van der Waals surface area contributed by atoms with E-state index in [-0.39, 0.29) is 11.8 Å². The molecule has 28 heavy (non-hydrogen) atoms. The van der Waals surface area contributed by atoms with Crippen LogP contribution in [0.1, 0.15) is 40.9 Å². The smallest absolute Gasteiger partial charge is 0.257 e. The Morgan fingerprint density at radius 3 is 2.79 bits per heavy atom. The van der Waals surface area contributed by atoms with Gasteiger partial charge in [0.25, 0.3) is 5.91 Å². The third kappa shape index (κ3) is 5.12. The summed E-state index contributed by atoms with van der Waals surface area (Å²) in [5, 5.41) is 9.73. The molecule has 2 heterocycles. The van der Waals surface area contributed by atoms with Gasteiger partial charge in [-0.25, -0.2) is 0 Å². The van der Waals surface area contributed by atoms with Gasteiger partial charge in [-0.15, -0.1) is 0 Å². The maximum atomic E-state index is 12.5. The number of nitrogens with zero attached hydrogens (tertiary/aromatic N) is 2. The molecule has 1 saturated heterocycles. The molecule has 1 fully saturated rings. The van der Waals surface area contributed by atoms with Crippen molar-refractivity contribution in [2.45, 2.75) is 32.6 Å². The molecule has 7 heteroatoms. The minimum Gasteiger partial charge on any atom is -0.497 e. The monoisotopic (exact) mass is 384 g/mol. The van der Waals surface area contributed by atoms with Crippen LogP contribution in [0.25, 0.3) is 0 Å². The van der Waals surface area contributed by atoms with Crippen molar-refractivity contribution in [2.24, 2.45) is 5.92 Å². The van der Waals surface area contributed by atoms with E-state index >= 15 is 0 Å². The van der Waals surface area contributed by atoms with E-state index in [1.807, 2.05) is 36.1 Å². The lowest BCUT2D eigenvalue weighted by molar-refractivity contribution is -0.122. The van der Waals surface area contributed by atoms with Crippen molar-refractivity contribution >= 4 is 11.8 Å². The highest BCUT2D eigenvalue weighted by molar-refractivity contribution is 5.95. The average molecular weight is 384 g/mol. The van der Waals surface area contributed by atoms with Crippen LogP contribution in [0.15, 0.2) is 30.5 Å². The summed E-state index contributed by atoms with van der Waals surface area (Å²) in [7, 11) is 1.65. The summed E-state index contributed by atoms with van der Waals surface area (Å²) in [6.07, 6.45) is 4.59. The molecule has 1 aromatic heterocycles. The largest absolute Gasteiger partial charge is 0.497 e. The van der Waals surface area contributed by atoms with Crippen LogP contribution in [0.4, 0.5) is 0 Å². The van der Waals surface area contributed by atoms with Gasteiger partial charge >= 0.3 is 0 Å². The quantitative estimate of drug-likeness (QED) is 0.767. The topological polar surface area (TPSA) is 87.3 Å². The molecule has 0 atom stereocenters. The van der Waals surface area contributed by atoms with Gasteiger partial charge in [-0.2, -0.15) is 5.10 Å². The Hall–Kier alpha value is -2.83. The van der Waals surface area contributed by atoms with Crippen molar-refractivity contribution < 1.29 is 14.3 Å². The van der Waals surface area contributed by atoms with Gasteiger partial charge in [-0.05, 0) is 49.8 Å². The first-order chi connectivity index (χ1) is 13.6. The maximum absolute atomic E-state index is 12.5. The van der Waals surface area contributed by atoms with Gasteiger partial charge in [-0.3, -0.25) is 14.7 Å². The molecule has 1 aromatic carbocycles. The Morgan fingerprint density at radius 1 is 1.32 bits per heavy atom. The number of amides is 2. The van der Waals surface area contributed by atoms with Gasteiger partial charge in [0.2, 0.25) is 5.91 Å². The molecule has 2 N–H and O–H groups in total. The molecule has 0 saturated carbocycles. The van der Waals surface area contributed by atoms with Gasteiger partial charge in [0.15, 0.2) is 0 Å². The Balaban J connectivity index is 1.38. The van der Waals surface area contributed by atoms with Crippen LogP contribution >= 0.6 is 0 Å². The SMILES string of the molecule is COc1cccc(CCNC(=O)CC2CCN(C(=O)c3cn[nH]c3C)CC2)c1. The minimum atomic E-state index is 0.0208. The fraction of sp³-hybridized carbons (Fsp3) is 0.476. The molecule has 1 aliphatic heterocycles. The lowest BCUT2D eigenvalue weighted by Gasteiger charge is -2.31. The summed E-state index contributed by atoms with van der Waals surface area (Å²) in [5.74, 6) is 1.26. The molecule has 1 aliphatic rings. The standard InChI is InChI=1S/C21H28N4O3/c1-15-19(14-23-24-15)21(27)25-10-7-17(8-11-25)13-20(26)22-9-6-16-4-3-5-18(12-16)28-2/h3-5,12,14,17H,6-11,13H2,1-2H3,(H,22,26)(H,23,24). The van der Waals surface area contributed by atoms with Gasteiger partial charge in [0, 0.05) is 31.7 Å². The minimum absolute atomic E-state index is 0.0208. The summed E-state index contributed by atoms with van der Waals surface area (Å²) < 4.78 is 5.22. The first kappa shape index (κ1) is 19.9. The number of benzene rings is 1. The number of H-pyrrole nitrogens is 1. The lowest BCUT2D eigenvalue weighted by Crippen LogP contribution is -2.40. The molecule has 2 aromatic rings. The number of piperidine rings is 1. The van der Waals surface area contributed by atoms with E-state index in [9.17, 15) is 9.59 Å². The van der Waals surface area contributed by atoms with Crippen LogP contribution in [0.3, 0.4) is 0 Å². The molecule has 2 amide bonds. The second-order valence-corrected chi connectivity index (χ2v) is 7.30. The highest BCUT2D eigenvalue weighted by Crippen LogP contribution is 2.22. The molecular weight excluding hydrogens is 356 g/mol. The molecule has 3 rings (SSSR count). The number of aryl methyl sites for hydroxylation is 1. The van der Waals surface area contributed by atoms with Crippen molar-refractivity contribution in [1.82, 2.24) is 20.4 Å². The van der Waals surface area contributed by atoms with E-state index in [0.29, 0.717) is 37.5 Å². The number of aromatic nitrogens is 2. The number of hydrogen-bond acceptors (Lipinski definition) is 4. The van der Waals surface area contributed by atoms with Gasteiger partial charge in [0.05, 0.1) is 18.9 Å². The first-order valence-electron chi connectivity index (χ1n) is 9.75. The van der Waals surface area contributed by atoms with Gasteiger partial charge < -0.3 is 15.0 Å².